The fraction of sp³-hybridized carbons (Fsp3) is 0.0870. The summed E-state index contributed by atoms with van der Waals surface area (Å²) in [5.41, 5.74) is 5.10. The molecule has 4 rings (SSSR count). The molecule has 2 heterocycles. The zero-order valence-electron chi connectivity index (χ0n) is 15.8. The van der Waals surface area contributed by atoms with Crippen LogP contribution in [0.25, 0.3) is 16.9 Å². The number of aryl methyl sites for hydroxylation is 2. The van der Waals surface area contributed by atoms with Gasteiger partial charge < -0.3 is 5.32 Å². The Hall–Kier alpha value is -3.73. The summed E-state index contributed by atoms with van der Waals surface area (Å²) in [5, 5.41) is 7.58. The minimum absolute atomic E-state index is 0.240. The maximum Gasteiger partial charge on any atom is 0.260 e. The van der Waals surface area contributed by atoms with Crippen LogP contribution in [0.3, 0.4) is 0 Å². The molecule has 0 atom stereocenters. The Kier molecular flexibility index (Phi) is 4.72. The summed E-state index contributed by atoms with van der Waals surface area (Å²) in [4.78, 5) is 17.3. The van der Waals surface area contributed by atoms with Gasteiger partial charge in [0, 0.05) is 18.0 Å². The third-order valence-electron chi connectivity index (χ3n) is 4.46. The number of carbonyl (C=O) groups is 1. The normalized spacial score (nSPS) is 10.6. The summed E-state index contributed by atoms with van der Waals surface area (Å²) < 4.78 is 1.73. The van der Waals surface area contributed by atoms with Crippen molar-refractivity contribution in [2.75, 3.05) is 5.32 Å². The van der Waals surface area contributed by atoms with Crippen LogP contribution in [-0.2, 0) is 0 Å². The highest BCUT2D eigenvalue weighted by Gasteiger charge is 2.19. The number of para-hydroxylation sites is 1. The first kappa shape index (κ1) is 17.7. The van der Waals surface area contributed by atoms with Crippen molar-refractivity contribution < 1.29 is 4.79 Å². The number of benzene rings is 2. The lowest BCUT2D eigenvalue weighted by Gasteiger charge is -2.05. The predicted octanol–water partition coefficient (Wildman–Crippen LogP) is 4.80. The molecule has 28 heavy (non-hydrogen) atoms. The molecule has 1 N–H and O–H groups in total. The van der Waals surface area contributed by atoms with Gasteiger partial charge in [0.25, 0.3) is 5.91 Å². The second-order valence-electron chi connectivity index (χ2n) is 6.71. The van der Waals surface area contributed by atoms with Gasteiger partial charge in [-0.25, -0.2) is 9.67 Å². The minimum Gasteiger partial charge on any atom is -0.306 e. The standard InChI is InChI=1S/C23H20N4O/c1-16-8-10-18(11-9-16)22-20(15-27(26-22)19-6-4-3-5-7-19)23(28)25-21-14-17(2)12-13-24-21/h3-15H,1-2H3,(H,24,25,28). The molecule has 1 amide bonds. The number of hydrogen-bond donors (Lipinski definition) is 1. The van der Waals surface area contributed by atoms with Crippen LogP contribution in [-0.4, -0.2) is 20.7 Å². The first-order valence-electron chi connectivity index (χ1n) is 9.06. The van der Waals surface area contributed by atoms with Crippen LogP contribution in [0.5, 0.6) is 0 Å². The first-order valence-corrected chi connectivity index (χ1v) is 9.06. The SMILES string of the molecule is Cc1ccc(-c2nn(-c3ccccc3)cc2C(=O)Nc2cc(C)ccn2)cc1. The highest BCUT2D eigenvalue weighted by Crippen LogP contribution is 2.25. The Morgan fingerprint density at radius 2 is 1.68 bits per heavy atom. The number of nitrogens with one attached hydrogen (secondary N) is 1. The number of amides is 1. The van der Waals surface area contributed by atoms with Gasteiger partial charge in [-0.15, -0.1) is 0 Å². The molecule has 0 saturated heterocycles. The van der Waals surface area contributed by atoms with E-state index in [0.29, 0.717) is 17.1 Å². The van der Waals surface area contributed by atoms with E-state index in [9.17, 15) is 4.79 Å². The molecule has 5 heteroatoms. The molecule has 0 bridgehead atoms. The summed E-state index contributed by atoms with van der Waals surface area (Å²) in [7, 11) is 0. The fourth-order valence-electron chi connectivity index (χ4n) is 2.97. The van der Waals surface area contributed by atoms with Crippen molar-refractivity contribution in [2.45, 2.75) is 13.8 Å². The molecule has 0 saturated carbocycles. The van der Waals surface area contributed by atoms with E-state index in [0.717, 1.165) is 22.4 Å². The second kappa shape index (κ2) is 7.48. The van der Waals surface area contributed by atoms with Crippen LogP contribution in [0.15, 0.2) is 79.1 Å². The number of nitrogens with zero attached hydrogens (tertiary/aromatic N) is 3. The number of aromatic nitrogens is 3. The number of hydrogen-bond acceptors (Lipinski definition) is 3. The van der Waals surface area contributed by atoms with Crippen molar-refractivity contribution in [1.82, 2.24) is 14.8 Å². The third-order valence-corrected chi connectivity index (χ3v) is 4.46. The van der Waals surface area contributed by atoms with E-state index in [2.05, 4.69) is 10.3 Å². The van der Waals surface area contributed by atoms with E-state index in [4.69, 9.17) is 5.10 Å². The van der Waals surface area contributed by atoms with E-state index in [1.54, 1.807) is 17.1 Å². The van der Waals surface area contributed by atoms with Gasteiger partial charge in [0.15, 0.2) is 0 Å². The zero-order chi connectivity index (χ0) is 19.5. The molecule has 2 aromatic heterocycles. The second-order valence-corrected chi connectivity index (χ2v) is 6.71. The zero-order valence-corrected chi connectivity index (χ0v) is 15.8. The monoisotopic (exact) mass is 368 g/mol. The highest BCUT2D eigenvalue weighted by atomic mass is 16.1. The van der Waals surface area contributed by atoms with Gasteiger partial charge in [0.2, 0.25) is 0 Å². The van der Waals surface area contributed by atoms with Crippen LogP contribution in [0.2, 0.25) is 0 Å². The molecule has 4 aromatic rings. The summed E-state index contributed by atoms with van der Waals surface area (Å²) in [6.07, 6.45) is 3.44. The average Bonchev–Trinajstić information content (AvgIpc) is 3.15. The Labute approximate surface area is 163 Å². The van der Waals surface area contributed by atoms with Crippen LogP contribution < -0.4 is 5.32 Å². The van der Waals surface area contributed by atoms with Crippen molar-refractivity contribution in [2.24, 2.45) is 0 Å². The Bertz CT molecular complexity index is 1120. The summed E-state index contributed by atoms with van der Waals surface area (Å²) in [6, 6.07) is 21.5. The number of carbonyl (C=O) groups excluding carboxylic acids is 1. The van der Waals surface area contributed by atoms with Gasteiger partial charge in [-0.1, -0.05) is 48.0 Å². The molecular weight excluding hydrogens is 348 g/mol. The van der Waals surface area contributed by atoms with Crippen LogP contribution in [0.1, 0.15) is 21.5 Å². The molecule has 0 fully saturated rings. The third kappa shape index (κ3) is 3.69. The lowest BCUT2D eigenvalue weighted by atomic mass is 10.1. The highest BCUT2D eigenvalue weighted by molar-refractivity contribution is 6.07. The Morgan fingerprint density at radius 1 is 0.929 bits per heavy atom. The van der Waals surface area contributed by atoms with E-state index >= 15 is 0 Å². The molecular formula is C23H20N4O. The molecule has 0 radical (unpaired) electrons. The van der Waals surface area contributed by atoms with Crippen LogP contribution >= 0.6 is 0 Å². The van der Waals surface area contributed by atoms with Crippen molar-refractivity contribution in [3.05, 3.63) is 95.8 Å². The van der Waals surface area contributed by atoms with Gasteiger partial charge in [-0.3, -0.25) is 4.79 Å². The first-order chi connectivity index (χ1) is 13.6. The molecule has 2 aromatic carbocycles. The molecule has 0 aliphatic carbocycles. The molecule has 0 aliphatic rings. The number of pyridine rings is 1. The molecule has 0 spiro atoms. The molecule has 0 unspecified atom stereocenters. The van der Waals surface area contributed by atoms with Crippen molar-refractivity contribution >= 4 is 11.7 Å². The van der Waals surface area contributed by atoms with Crippen LogP contribution in [0, 0.1) is 13.8 Å². The van der Waals surface area contributed by atoms with Crippen molar-refractivity contribution in [3.63, 3.8) is 0 Å². The maximum atomic E-state index is 13.0. The van der Waals surface area contributed by atoms with Gasteiger partial charge in [-0.2, -0.15) is 5.10 Å². The van der Waals surface area contributed by atoms with Crippen molar-refractivity contribution in [1.29, 1.82) is 0 Å². The number of rotatable bonds is 4. The summed E-state index contributed by atoms with van der Waals surface area (Å²) >= 11 is 0. The average molecular weight is 368 g/mol. The fourth-order valence-corrected chi connectivity index (χ4v) is 2.97. The smallest absolute Gasteiger partial charge is 0.260 e. The molecule has 138 valence electrons. The largest absolute Gasteiger partial charge is 0.306 e. The topological polar surface area (TPSA) is 59.8 Å². The minimum atomic E-state index is -0.240. The maximum absolute atomic E-state index is 13.0. The predicted molar refractivity (Wildman–Crippen MR) is 111 cm³/mol. The van der Waals surface area contributed by atoms with E-state index < -0.39 is 0 Å². The van der Waals surface area contributed by atoms with E-state index in [1.165, 1.54) is 0 Å². The van der Waals surface area contributed by atoms with Gasteiger partial charge >= 0.3 is 0 Å². The molecule has 5 nitrogen and oxygen atoms in total. The van der Waals surface area contributed by atoms with Gasteiger partial charge in [-0.05, 0) is 43.7 Å². The lowest BCUT2D eigenvalue weighted by molar-refractivity contribution is 0.102. The Balaban J connectivity index is 1.76. The van der Waals surface area contributed by atoms with Crippen molar-refractivity contribution in [3.8, 4) is 16.9 Å². The summed E-state index contributed by atoms with van der Waals surface area (Å²) in [5.74, 6) is 0.281. The van der Waals surface area contributed by atoms with Gasteiger partial charge in [0.1, 0.15) is 11.5 Å². The molecule has 0 aliphatic heterocycles. The van der Waals surface area contributed by atoms with E-state index in [-0.39, 0.29) is 5.91 Å². The lowest BCUT2D eigenvalue weighted by Crippen LogP contribution is -2.13. The van der Waals surface area contributed by atoms with Crippen LogP contribution in [0.4, 0.5) is 5.82 Å². The Morgan fingerprint density at radius 3 is 2.39 bits per heavy atom. The quantitative estimate of drug-likeness (QED) is 0.563. The summed E-state index contributed by atoms with van der Waals surface area (Å²) in [6.45, 7) is 3.99. The van der Waals surface area contributed by atoms with E-state index in [1.807, 2.05) is 80.6 Å². The number of anilines is 1. The van der Waals surface area contributed by atoms with Gasteiger partial charge in [0.05, 0.1) is 11.3 Å².